The zero-order chi connectivity index (χ0) is 12.9. The van der Waals surface area contributed by atoms with Crippen LogP contribution in [0, 0.1) is 0 Å². The normalized spacial score (nSPS) is 12.2. The Kier molecular flexibility index (Phi) is 2.25. The number of halogens is 1. The van der Waals surface area contributed by atoms with Gasteiger partial charge in [-0.15, -0.1) is 0 Å². The summed E-state index contributed by atoms with van der Waals surface area (Å²) < 4.78 is 0. The minimum absolute atomic E-state index is 0.112. The van der Waals surface area contributed by atoms with E-state index in [4.69, 9.17) is 16.7 Å². The first kappa shape index (κ1) is 11.0. The summed E-state index contributed by atoms with van der Waals surface area (Å²) in [4.78, 5) is 23.1. The summed E-state index contributed by atoms with van der Waals surface area (Å²) in [5.41, 5.74) is 2.63. The number of ketones is 1. The summed E-state index contributed by atoms with van der Waals surface area (Å²) in [5.74, 6) is -1.22. The molecule has 3 rings (SSSR count). The fourth-order valence-corrected chi connectivity index (χ4v) is 2.36. The second-order valence-electron chi connectivity index (χ2n) is 4.08. The van der Waals surface area contributed by atoms with Crippen molar-refractivity contribution in [3.05, 3.63) is 58.1 Å². The lowest BCUT2D eigenvalue weighted by Gasteiger charge is -2.00. The Hall–Kier alpha value is -2.13. The van der Waals surface area contributed by atoms with Gasteiger partial charge in [0.15, 0.2) is 5.78 Å². The van der Waals surface area contributed by atoms with Crippen molar-refractivity contribution in [3.63, 3.8) is 0 Å². The van der Waals surface area contributed by atoms with Crippen molar-refractivity contribution >= 4 is 23.4 Å². The molecule has 0 radical (unpaired) electrons. The molecule has 0 spiro atoms. The molecule has 1 aliphatic rings. The Morgan fingerprint density at radius 3 is 2.22 bits per heavy atom. The third-order valence-corrected chi connectivity index (χ3v) is 3.26. The standard InChI is InChI=1S/C14H7ClO3/c15-8-2-4-10-9-3-1-7(14(17)18)5-11(9)13(16)12(10)6-8/h1-6H,(H,17,18). The highest BCUT2D eigenvalue weighted by Crippen LogP contribution is 2.38. The van der Waals surface area contributed by atoms with Crippen LogP contribution in [-0.2, 0) is 0 Å². The lowest BCUT2D eigenvalue weighted by Crippen LogP contribution is -2.00. The molecule has 1 N–H and O–H groups in total. The van der Waals surface area contributed by atoms with Crippen molar-refractivity contribution in [3.8, 4) is 11.1 Å². The van der Waals surface area contributed by atoms with Gasteiger partial charge in [-0.05, 0) is 35.4 Å². The van der Waals surface area contributed by atoms with Gasteiger partial charge >= 0.3 is 5.97 Å². The van der Waals surface area contributed by atoms with Gasteiger partial charge in [0.05, 0.1) is 5.56 Å². The van der Waals surface area contributed by atoms with Gasteiger partial charge in [-0.1, -0.05) is 23.7 Å². The van der Waals surface area contributed by atoms with Crippen LogP contribution in [0.2, 0.25) is 5.02 Å². The zero-order valence-corrected chi connectivity index (χ0v) is 9.86. The first-order chi connectivity index (χ1) is 8.58. The molecule has 0 heterocycles. The summed E-state index contributed by atoms with van der Waals surface area (Å²) in [6, 6.07) is 9.68. The fourth-order valence-electron chi connectivity index (χ4n) is 2.18. The molecule has 2 aromatic carbocycles. The fraction of sp³-hybridized carbons (Fsp3) is 0. The quantitative estimate of drug-likeness (QED) is 0.729. The molecule has 0 aliphatic heterocycles. The Morgan fingerprint density at radius 2 is 1.56 bits per heavy atom. The van der Waals surface area contributed by atoms with Crippen LogP contribution >= 0.6 is 11.6 Å². The van der Waals surface area contributed by atoms with Gasteiger partial charge in [0.2, 0.25) is 0 Å². The number of hydrogen-bond donors (Lipinski definition) is 1. The van der Waals surface area contributed by atoms with Gasteiger partial charge in [0.25, 0.3) is 0 Å². The number of benzene rings is 2. The molecular formula is C14H7ClO3. The maximum Gasteiger partial charge on any atom is 0.335 e. The molecule has 88 valence electrons. The van der Waals surface area contributed by atoms with Crippen LogP contribution in [0.4, 0.5) is 0 Å². The van der Waals surface area contributed by atoms with E-state index < -0.39 is 5.97 Å². The van der Waals surface area contributed by atoms with Gasteiger partial charge in [0, 0.05) is 16.1 Å². The molecule has 0 bridgehead atoms. The van der Waals surface area contributed by atoms with Crippen LogP contribution in [0.25, 0.3) is 11.1 Å². The molecule has 0 fully saturated rings. The highest BCUT2D eigenvalue weighted by atomic mass is 35.5. The average Bonchev–Trinajstić information content (AvgIpc) is 2.62. The van der Waals surface area contributed by atoms with Crippen LogP contribution in [0.1, 0.15) is 26.3 Å². The molecule has 0 atom stereocenters. The molecule has 18 heavy (non-hydrogen) atoms. The maximum atomic E-state index is 12.2. The number of rotatable bonds is 1. The van der Waals surface area contributed by atoms with Crippen molar-refractivity contribution < 1.29 is 14.7 Å². The summed E-state index contributed by atoms with van der Waals surface area (Å²) in [5, 5.41) is 9.42. The van der Waals surface area contributed by atoms with E-state index in [-0.39, 0.29) is 11.3 Å². The Balaban J connectivity index is 2.26. The number of carboxylic acids is 1. The van der Waals surface area contributed by atoms with E-state index in [2.05, 4.69) is 0 Å². The molecule has 0 saturated carbocycles. The smallest absolute Gasteiger partial charge is 0.335 e. The molecule has 0 saturated heterocycles. The van der Waals surface area contributed by atoms with Crippen molar-refractivity contribution in [2.24, 2.45) is 0 Å². The second kappa shape index (κ2) is 3.68. The van der Waals surface area contributed by atoms with Gasteiger partial charge in [-0.2, -0.15) is 0 Å². The summed E-state index contributed by atoms with van der Waals surface area (Å²) in [6.45, 7) is 0. The highest BCUT2D eigenvalue weighted by molar-refractivity contribution is 6.32. The molecular weight excluding hydrogens is 252 g/mol. The van der Waals surface area contributed by atoms with E-state index >= 15 is 0 Å². The van der Waals surface area contributed by atoms with E-state index in [1.54, 1.807) is 24.3 Å². The van der Waals surface area contributed by atoms with Crippen molar-refractivity contribution in [2.75, 3.05) is 0 Å². The Bertz CT molecular complexity index is 704. The first-order valence-electron chi connectivity index (χ1n) is 5.30. The number of carboxylic acid groups (broad SMARTS) is 1. The minimum atomic E-state index is -1.04. The van der Waals surface area contributed by atoms with Crippen molar-refractivity contribution in [1.29, 1.82) is 0 Å². The summed E-state index contributed by atoms with van der Waals surface area (Å²) in [7, 11) is 0. The Labute approximate surface area is 108 Å². The lowest BCUT2D eigenvalue weighted by molar-refractivity contribution is 0.0697. The van der Waals surface area contributed by atoms with Crippen LogP contribution < -0.4 is 0 Å². The molecule has 0 unspecified atom stereocenters. The van der Waals surface area contributed by atoms with E-state index in [9.17, 15) is 9.59 Å². The van der Waals surface area contributed by atoms with Crippen LogP contribution in [-0.4, -0.2) is 16.9 Å². The van der Waals surface area contributed by atoms with Crippen LogP contribution in [0.5, 0.6) is 0 Å². The number of carbonyl (C=O) groups excluding carboxylic acids is 1. The molecule has 0 aromatic heterocycles. The molecule has 2 aromatic rings. The third-order valence-electron chi connectivity index (χ3n) is 3.03. The highest BCUT2D eigenvalue weighted by Gasteiger charge is 2.27. The van der Waals surface area contributed by atoms with E-state index in [0.29, 0.717) is 16.1 Å². The minimum Gasteiger partial charge on any atom is -0.478 e. The summed E-state index contributed by atoms with van der Waals surface area (Å²) >= 11 is 5.87. The zero-order valence-electron chi connectivity index (χ0n) is 9.11. The second-order valence-corrected chi connectivity index (χ2v) is 4.52. The van der Waals surface area contributed by atoms with E-state index in [1.165, 1.54) is 12.1 Å². The molecule has 1 aliphatic carbocycles. The molecule has 3 nitrogen and oxygen atoms in total. The van der Waals surface area contributed by atoms with Gasteiger partial charge < -0.3 is 5.11 Å². The molecule has 4 heteroatoms. The number of aromatic carboxylic acids is 1. The summed E-state index contributed by atoms with van der Waals surface area (Å²) in [6.07, 6.45) is 0. The van der Waals surface area contributed by atoms with E-state index in [1.807, 2.05) is 0 Å². The number of hydrogen-bond acceptors (Lipinski definition) is 2. The number of fused-ring (bicyclic) bond motifs is 3. The Morgan fingerprint density at radius 1 is 0.944 bits per heavy atom. The van der Waals surface area contributed by atoms with Crippen molar-refractivity contribution in [1.82, 2.24) is 0 Å². The topological polar surface area (TPSA) is 54.4 Å². The van der Waals surface area contributed by atoms with Crippen LogP contribution in [0.15, 0.2) is 36.4 Å². The van der Waals surface area contributed by atoms with Gasteiger partial charge in [-0.25, -0.2) is 4.79 Å². The van der Waals surface area contributed by atoms with Gasteiger partial charge in [-0.3, -0.25) is 4.79 Å². The SMILES string of the molecule is O=C(O)c1ccc2c(c1)C(=O)c1cc(Cl)ccc1-2. The maximum absolute atomic E-state index is 12.2. The largest absolute Gasteiger partial charge is 0.478 e. The average molecular weight is 259 g/mol. The first-order valence-corrected chi connectivity index (χ1v) is 5.67. The third kappa shape index (κ3) is 1.45. The van der Waals surface area contributed by atoms with Crippen LogP contribution in [0.3, 0.4) is 0 Å². The lowest BCUT2D eigenvalue weighted by atomic mass is 10.0. The van der Waals surface area contributed by atoms with Gasteiger partial charge in [0.1, 0.15) is 0 Å². The monoisotopic (exact) mass is 258 g/mol. The molecule has 0 amide bonds. The predicted octanol–water partition coefficient (Wildman–Crippen LogP) is 3.25. The van der Waals surface area contributed by atoms with Crippen molar-refractivity contribution in [2.45, 2.75) is 0 Å². The predicted molar refractivity (Wildman–Crippen MR) is 67.3 cm³/mol. The van der Waals surface area contributed by atoms with E-state index in [0.717, 1.165) is 11.1 Å². The number of carbonyl (C=O) groups is 2.